The van der Waals surface area contributed by atoms with Gasteiger partial charge < -0.3 is 10.2 Å². The van der Waals surface area contributed by atoms with Gasteiger partial charge in [-0.2, -0.15) is 0 Å². The van der Waals surface area contributed by atoms with Crippen LogP contribution in [0.15, 0.2) is 22.6 Å². The molecule has 2 aromatic rings. The second-order valence-corrected chi connectivity index (χ2v) is 5.47. The van der Waals surface area contributed by atoms with Gasteiger partial charge in [-0.15, -0.1) is 0 Å². The fraction of sp³-hybridized carbons (Fsp3) is 0.500. The first kappa shape index (κ1) is 12.0. The maximum atomic E-state index is 6.28. The van der Waals surface area contributed by atoms with E-state index in [4.69, 9.17) is 21.8 Å². The molecule has 3 nitrogen and oxygen atoms in total. The summed E-state index contributed by atoms with van der Waals surface area (Å²) in [6.45, 7) is 0. The van der Waals surface area contributed by atoms with Gasteiger partial charge in [0.25, 0.3) is 0 Å². The number of nitrogens with zero attached hydrogens (tertiary/aromatic N) is 1. The first-order chi connectivity index (χ1) is 8.75. The van der Waals surface area contributed by atoms with E-state index in [1.54, 1.807) is 0 Å². The summed E-state index contributed by atoms with van der Waals surface area (Å²) >= 11 is 6.09. The lowest BCUT2D eigenvalue weighted by molar-refractivity contribution is 0.278. The number of aromatic nitrogens is 1. The molecule has 1 aliphatic rings. The number of para-hydroxylation sites is 1. The molecule has 1 unspecified atom stereocenters. The van der Waals surface area contributed by atoms with E-state index in [1.807, 2.05) is 18.2 Å². The molecule has 3 rings (SSSR count). The van der Waals surface area contributed by atoms with E-state index in [0.29, 0.717) is 22.4 Å². The maximum Gasteiger partial charge on any atom is 0.212 e. The smallest absolute Gasteiger partial charge is 0.212 e. The van der Waals surface area contributed by atoms with Crippen molar-refractivity contribution in [1.29, 1.82) is 0 Å². The highest BCUT2D eigenvalue weighted by Crippen LogP contribution is 2.34. The lowest BCUT2D eigenvalue weighted by Crippen LogP contribution is -2.23. The van der Waals surface area contributed by atoms with Crippen molar-refractivity contribution >= 4 is 22.7 Å². The van der Waals surface area contributed by atoms with Crippen LogP contribution in [0.1, 0.15) is 44.0 Å². The van der Waals surface area contributed by atoms with E-state index in [1.165, 1.54) is 32.1 Å². The second kappa shape index (κ2) is 4.90. The summed E-state index contributed by atoms with van der Waals surface area (Å²) in [5, 5.41) is 0.599. The van der Waals surface area contributed by atoms with Crippen LogP contribution >= 0.6 is 11.6 Å². The molecular formula is C14H17ClN2O. The number of hydrogen-bond acceptors (Lipinski definition) is 3. The van der Waals surface area contributed by atoms with Gasteiger partial charge in [-0.3, -0.25) is 0 Å². The zero-order valence-corrected chi connectivity index (χ0v) is 11.0. The van der Waals surface area contributed by atoms with Gasteiger partial charge in [0.1, 0.15) is 5.52 Å². The van der Waals surface area contributed by atoms with Crippen LogP contribution < -0.4 is 5.73 Å². The van der Waals surface area contributed by atoms with Crippen LogP contribution in [0.3, 0.4) is 0 Å². The molecule has 1 aromatic heterocycles. The predicted molar refractivity (Wildman–Crippen MR) is 72.5 cm³/mol. The van der Waals surface area contributed by atoms with Crippen LogP contribution in [0, 0.1) is 5.92 Å². The third-order valence-corrected chi connectivity index (χ3v) is 4.12. The van der Waals surface area contributed by atoms with Crippen molar-refractivity contribution < 1.29 is 4.42 Å². The Morgan fingerprint density at radius 1 is 1.28 bits per heavy atom. The van der Waals surface area contributed by atoms with E-state index in [0.717, 1.165) is 5.52 Å². The van der Waals surface area contributed by atoms with Crippen molar-refractivity contribution in [3.8, 4) is 0 Å². The Morgan fingerprint density at radius 3 is 2.78 bits per heavy atom. The molecule has 0 spiro atoms. The molecule has 4 heteroatoms. The molecule has 0 radical (unpaired) electrons. The Kier molecular flexibility index (Phi) is 3.27. The zero-order chi connectivity index (χ0) is 12.5. The van der Waals surface area contributed by atoms with Gasteiger partial charge in [-0.25, -0.2) is 4.98 Å². The van der Waals surface area contributed by atoms with Crippen LogP contribution in [0.25, 0.3) is 11.1 Å². The molecule has 1 heterocycles. The number of oxazole rings is 1. The molecule has 1 aromatic carbocycles. The highest BCUT2D eigenvalue weighted by Gasteiger charge is 2.26. The summed E-state index contributed by atoms with van der Waals surface area (Å²) in [6, 6.07) is 5.49. The summed E-state index contributed by atoms with van der Waals surface area (Å²) in [6.07, 6.45) is 6.20. The number of fused-ring (bicyclic) bond motifs is 1. The summed E-state index contributed by atoms with van der Waals surface area (Å²) in [4.78, 5) is 4.47. The monoisotopic (exact) mass is 264 g/mol. The molecule has 0 bridgehead atoms. The Balaban J connectivity index is 1.91. The van der Waals surface area contributed by atoms with Gasteiger partial charge in [-0.05, 0) is 30.9 Å². The molecule has 18 heavy (non-hydrogen) atoms. The largest absolute Gasteiger partial charge is 0.437 e. The molecule has 1 aliphatic carbocycles. The fourth-order valence-corrected chi connectivity index (χ4v) is 2.98. The summed E-state index contributed by atoms with van der Waals surface area (Å²) in [7, 11) is 0. The van der Waals surface area contributed by atoms with Crippen LogP contribution in [-0.2, 0) is 0 Å². The number of halogens is 1. The number of hydrogen-bond donors (Lipinski definition) is 1. The van der Waals surface area contributed by atoms with Gasteiger partial charge in [0.05, 0.1) is 11.1 Å². The van der Waals surface area contributed by atoms with E-state index in [-0.39, 0.29) is 6.04 Å². The Morgan fingerprint density at radius 2 is 2.06 bits per heavy atom. The van der Waals surface area contributed by atoms with Gasteiger partial charge >= 0.3 is 0 Å². The topological polar surface area (TPSA) is 52.0 Å². The van der Waals surface area contributed by atoms with E-state index < -0.39 is 0 Å². The molecule has 2 N–H and O–H groups in total. The molecule has 1 fully saturated rings. The summed E-state index contributed by atoms with van der Waals surface area (Å²) < 4.78 is 5.75. The average molecular weight is 265 g/mol. The van der Waals surface area contributed by atoms with E-state index in [9.17, 15) is 0 Å². The predicted octanol–water partition coefficient (Wildman–Crippen LogP) is 4.06. The number of benzene rings is 1. The van der Waals surface area contributed by atoms with Crippen molar-refractivity contribution in [2.24, 2.45) is 11.7 Å². The highest BCUT2D eigenvalue weighted by atomic mass is 35.5. The Labute approximate surface area is 111 Å². The standard InChI is InChI=1S/C14H17ClN2O/c15-10-7-4-8-11-13(10)18-14(17-11)12(16)9-5-2-1-3-6-9/h4,7-9,12H,1-3,5-6,16H2. The fourth-order valence-electron chi connectivity index (χ4n) is 2.77. The van der Waals surface area contributed by atoms with Crippen LogP contribution in [-0.4, -0.2) is 4.98 Å². The van der Waals surface area contributed by atoms with Gasteiger partial charge in [0, 0.05) is 0 Å². The molecule has 1 saturated carbocycles. The van der Waals surface area contributed by atoms with Gasteiger partial charge in [-0.1, -0.05) is 36.9 Å². The van der Waals surface area contributed by atoms with Gasteiger partial charge in [0.15, 0.2) is 5.58 Å². The van der Waals surface area contributed by atoms with Crippen LogP contribution in [0.4, 0.5) is 0 Å². The first-order valence-electron chi connectivity index (χ1n) is 6.56. The molecular weight excluding hydrogens is 248 g/mol. The Hall–Kier alpha value is -1.06. The second-order valence-electron chi connectivity index (χ2n) is 5.06. The van der Waals surface area contributed by atoms with Crippen molar-refractivity contribution in [3.63, 3.8) is 0 Å². The van der Waals surface area contributed by atoms with Crippen LogP contribution in [0.2, 0.25) is 5.02 Å². The Bertz CT molecular complexity index is 546. The lowest BCUT2D eigenvalue weighted by Gasteiger charge is -2.25. The molecule has 96 valence electrons. The SMILES string of the molecule is NC(c1nc2cccc(Cl)c2o1)C1CCCCC1. The average Bonchev–Trinajstić information content (AvgIpc) is 2.84. The minimum Gasteiger partial charge on any atom is -0.437 e. The highest BCUT2D eigenvalue weighted by molar-refractivity contribution is 6.34. The maximum absolute atomic E-state index is 6.28. The van der Waals surface area contributed by atoms with Crippen molar-refractivity contribution in [3.05, 3.63) is 29.1 Å². The third-order valence-electron chi connectivity index (χ3n) is 3.83. The third kappa shape index (κ3) is 2.13. The summed E-state index contributed by atoms with van der Waals surface area (Å²) in [5.41, 5.74) is 7.73. The van der Waals surface area contributed by atoms with Crippen LogP contribution in [0.5, 0.6) is 0 Å². The first-order valence-corrected chi connectivity index (χ1v) is 6.94. The molecule has 0 saturated heterocycles. The normalized spacial score (nSPS) is 19.2. The minimum absolute atomic E-state index is 0.103. The van der Waals surface area contributed by atoms with Crippen molar-refractivity contribution in [2.75, 3.05) is 0 Å². The molecule has 0 amide bonds. The van der Waals surface area contributed by atoms with E-state index >= 15 is 0 Å². The number of rotatable bonds is 2. The van der Waals surface area contributed by atoms with Gasteiger partial charge in [0.2, 0.25) is 5.89 Å². The molecule has 1 atom stereocenters. The van der Waals surface area contributed by atoms with Crippen molar-refractivity contribution in [1.82, 2.24) is 4.98 Å². The van der Waals surface area contributed by atoms with E-state index in [2.05, 4.69) is 4.98 Å². The quantitative estimate of drug-likeness (QED) is 0.890. The minimum atomic E-state index is -0.103. The summed E-state index contributed by atoms with van der Waals surface area (Å²) in [5.74, 6) is 1.12. The molecule has 0 aliphatic heterocycles. The zero-order valence-electron chi connectivity index (χ0n) is 10.2. The van der Waals surface area contributed by atoms with Crippen molar-refractivity contribution in [2.45, 2.75) is 38.1 Å². The number of nitrogens with two attached hydrogens (primary N) is 1. The lowest BCUT2D eigenvalue weighted by atomic mass is 9.84.